The van der Waals surface area contributed by atoms with Gasteiger partial charge in [0, 0.05) is 23.4 Å². The predicted molar refractivity (Wildman–Crippen MR) is 111 cm³/mol. The Morgan fingerprint density at radius 1 is 0.786 bits per heavy atom. The zero-order valence-electron chi connectivity index (χ0n) is 14.7. The number of carbonyl (C=O) groups is 1. The number of ketones is 1. The largest absolute Gasteiger partial charge is 0.398 e. The molecule has 0 bridgehead atoms. The quantitative estimate of drug-likeness (QED) is 0.154. The van der Waals surface area contributed by atoms with Gasteiger partial charge >= 0.3 is 0 Å². The first kappa shape index (κ1) is 16.2. The smallest absolute Gasteiger partial charge is 0.270 e. The summed E-state index contributed by atoms with van der Waals surface area (Å²) in [6.07, 6.45) is 0. The van der Waals surface area contributed by atoms with E-state index in [2.05, 4.69) is 12.1 Å². The third kappa shape index (κ3) is 2.30. The summed E-state index contributed by atoms with van der Waals surface area (Å²) in [5, 5.41) is 17.6. The van der Waals surface area contributed by atoms with Gasteiger partial charge in [-0.25, -0.2) is 0 Å². The highest BCUT2D eigenvalue weighted by Crippen LogP contribution is 2.35. The topological polar surface area (TPSA) is 86.2 Å². The molecule has 5 nitrogen and oxygen atoms in total. The third-order valence-electron chi connectivity index (χ3n) is 5.22. The number of anilines is 1. The van der Waals surface area contributed by atoms with Crippen LogP contribution in [0.25, 0.3) is 32.3 Å². The standard InChI is InChI=1S/C23H14N2O3/c24-20-9-8-18(25(27)28)12-19(20)23(26)17-10-15-6-4-13-2-1-3-14-5-7-16(11-17)22(15)21(13)14/h1-12H,24H2. The van der Waals surface area contributed by atoms with Gasteiger partial charge in [-0.05, 0) is 50.5 Å². The van der Waals surface area contributed by atoms with Crippen molar-refractivity contribution in [2.24, 2.45) is 0 Å². The molecule has 0 spiro atoms. The highest BCUT2D eigenvalue weighted by molar-refractivity contribution is 6.25. The number of nitrogens with zero attached hydrogens (tertiary/aromatic N) is 1. The van der Waals surface area contributed by atoms with Gasteiger partial charge in [0.15, 0.2) is 5.78 Å². The summed E-state index contributed by atoms with van der Waals surface area (Å²) < 4.78 is 0. The number of nitrogens with two attached hydrogens (primary N) is 1. The van der Waals surface area contributed by atoms with E-state index in [0.717, 1.165) is 26.9 Å². The normalized spacial score (nSPS) is 11.4. The first-order valence-corrected chi connectivity index (χ1v) is 8.79. The van der Waals surface area contributed by atoms with E-state index in [-0.39, 0.29) is 22.7 Å². The van der Waals surface area contributed by atoms with Crippen molar-refractivity contribution < 1.29 is 9.72 Å². The molecule has 5 aromatic carbocycles. The molecule has 0 unspecified atom stereocenters. The van der Waals surface area contributed by atoms with Crippen LogP contribution in [-0.2, 0) is 0 Å². The SMILES string of the molecule is Nc1ccc([N+](=O)[O-])cc1C(=O)c1cc2ccc3cccc4ccc(c1)c2c34. The molecule has 5 rings (SSSR count). The lowest BCUT2D eigenvalue weighted by Crippen LogP contribution is -2.06. The summed E-state index contributed by atoms with van der Waals surface area (Å²) in [5.41, 5.74) is 6.60. The van der Waals surface area contributed by atoms with Crippen molar-refractivity contribution in [1.82, 2.24) is 0 Å². The number of hydrogen-bond donors (Lipinski definition) is 1. The first-order chi connectivity index (χ1) is 13.5. The molecule has 0 fully saturated rings. The lowest BCUT2D eigenvalue weighted by Gasteiger charge is -2.12. The van der Waals surface area contributed by atoms with E-state index in [4.69, 9.17) is 5.73 Å². The molecule has 5 aromatic rings. The molecule has 0 heterocycles. The van der Waals surface area contributed by atoms with Gasteiger partial charge < -0.3 is 5.73 Å². The minimum absolute atomic E-state index is 0.141. The molecular weight excluding hydrogens is 352 g/mol. The number of nitro groups is 1. The molecule has 0 amide bonds. The Bertz CT molecular complexity index is 1360. The van der Waals surface area contributed by atoms with Gasteiger partial charge in [-0.3, -0.25) is 14.9 Å². The summed E-state index contributed by atoms with van der Waals surface area (Å²) in [6.45, 7) is 0. The molecule has 0 aliphatic heterocycles. The summed E-state index contributed by atoms with van der Waals surface area (Å²) >= 11 is 0. The number of hydrogen-bond acceptors (Lipinski definition) is 4. The fraction of sp³-hybridized carbons (Fsp3) is 0. The Labute approximate surface area is 159 Å². The lowest BCUT2D eigenvalue weighted by atomic mass is 9.91. The van der Waals surface area contributed by atoms with Gasteiger partial charge in [0.2, 0.25) is 0 Å². The third-order valence-corrected chi connectivity index (χ3v) is 5.22. The Balaban J connectivity index is 1.75. The highest BCUT2D eigenvalue weighted by atomic mass is 16.6. The minimum Gasteiger partial charge on any atom is -0.398 e. The maximum Gasteiger partial charge on any atom is 0.270 e. The summed E-state index contributed by atoms with van der Waals surface area (Å²) in [4.78, 5) is 23.6. The van der Waals surface area contributed by atoms with Gasteiger partial charge in [-0.1, -0.05) is 42.5 Å². The van der Waals surface area contributed by atoms with Crippen molar-refractivity contribution in [3.8, 4) is 0 Å². The van der Waals surface area contributed by atoms with Gasteiger partial charge in [-0.2, -0.15) is 0 Å². The van der Waals surface area contributed by atoms with E-state index in [1.165, 1.54) is 23.6 Å². The maximum absolute atomic E-state index is 13.1. The molecule has 28 heavy (non-hydrogen) atoms. The second-order valence-electron chi connectivity index (χ2n) is 6.87. The van der Waals surface area contributed by atoms with E-state index >= 15 is 0 Å². The number of rotatable bonds is 3. The van der Waals surface area contributed by atoms with Crippen molar-refractivity contribution in [3.05, 3.63) is 94.0 Å². The molecular formula is C23H14N2O3. The van der Waals surface area contributed by atoms with Gasteiger partial charge in [-0.15, -0.1) is 0 Å². The number of non-ortho nitro benzene ring substituents is 1. The molecule has 0 aliphatic carbocycles. The highest BCUT2D eigenvalue weighted by Gasteiger charge is 2.19. The Kier molecular flexibility index (Phi) is 3.33. The summed E-state index contributed by atoms with van der Waals surface area (Å²) in [7, 11) is 0. The van der Waals surface area contributed by atoms with E-state index in [1.807, 2.05) is 42.5 Å². The predicted octanol–water partition coefficient (Wildman–Crippen LogP) is 5.31. The van der Waals surface area contributed by atoms with Crippen molar-refractivity contribution in [2.45, 2.75) is 0 Å². The van der Waals surface area contributed by atoms with Gasteiger partial charge in [0.1, 0.15) is 0 Å². The van der Waals surface area contributed by atoms with Crippen molar-refractivity contribution in [2.75, 3.05) is 5.73 Å². The number of nitro benzene ring substituents is 1. The minimum atomic E-state index is -0.531. The zero-order valence-corrected chi connectivity index (χ0v) is 14.7. The van der Waals surface area contributed by atoms with Crippen LogP contribution in [0.2, 0.25) is 0 Å². The molecule has 0 saturated heterocycles. The molecule has 0 saturated carbocycles. The average molecular weight is 366 g/mol. The van der Waals surface area contributed by atoms with Crippen molar-refractivity contribution >= 4 is 49.5 Å². The molecule has 0 aromatic heterocycles. The average Bonchev–Trinajstić information content (AvgIpc) is 2.71. The van der Waals surface area contributed by atoms with Crippen LogP contribution in [0.3, 0.4) is 0 Å². The Hall–Kier alpha value is -3.99. The van der Waals surface area contributed by atoms with Crippen LogP contribution in [0.5, 0.6) is 0 Å². The molecule has 0 aliphatic rings. The fourth-order valence-corrected chi connectivity index (χ4v) is 3.89. The number of benzene rings is 5. The van der Waals surface area contributed by atoms with E-state index in [1.54, 1.807) is 0 Å². The van der Waals surface area contributed by atoms with E-state index < -0.39 is 4.92 Å². The van der Waals surface area contributed by atoms with E-state index in [0.29, 0.717) is 5.56 Å². The fourth-order valence-electron chi connectivity index (χ4n) is 3.89. The van der Waals surface area contributed by atoms with Crippen molar-refractivity contribution in [3.63, 3.8) is 0 Å². The first-order valence-electron chi connectivity index (χ1n) is 8.79. The molecule has 0 atom stereocenters. The number of nitrogen functional groups attached to an aromatic ring is 1. The van der Waals surface area contributed by atoms with Gasteiger partial charge in [0.25, 0.3) is 5.69 Å². The van der Waals surface area contributed by atoms with Crippen LogP contribution in [0, 0.1) is 10.1 Å². The van der Waals surface area contributed by atoms with Crippen LogP contribution in [0.15, 0.2) is 72.8 Å². The van der Waals surface area contributed by atoms with Crippen LogP contribution >= 0.6 is 0 Å². The van der Waals surface area contributed by atoms with E-state index in [9.17, 15) is 14.9 Å². The lowest BCUT2D eigenvalue weighted by molar-refractivity contribution is -0.384. The zero-order chi connectivity index (χ0) is 19.4. The van der Waals surface area contributed by atoms with Crippen LogP contribution < -0.4 is 5.73 Å². The summed E-state index contributed by atoms with van der Waals surface area (Å²) in [6, 6.07) is 21.8. The molecule has 134 valence electrons. The molecule has 2 N–H and O–H groups in total. The van der Waals surface area contributed by atoms with Crippen LogP contribution in [-0.4, -0.2) is 10.7 Å². The molecule has 0 radical (unpaired) electrons. The Morgan fingerprint density at radius 2 is 1.36 bits per heavy atom. The van der Waals surface area contributed by atoms with Gasteiger partial charge in [0.05, 0.1) is 10.5 Å². The second kappa shape index (κ2) is 5.76. The van der Waals surface area contributed by atoms with Crippen LogP contribution in [0.4, 0.5) is 11.4 Å². The van der Waals surface area contributed by atoms with Crippen LogP contribution in [0.1, 0.15) is 15.9 Å². The molecule has 5 heteroatoms. The second-order valence-corrected chi connectivity index (χ2v) is 6.87. The monoisotopic (exact) mass is 366 g/mol. The Morgan fingerprint density at radius 3 is 1.96 bits per heavy atom. The van der Waals surface area contributed by atoms with Crippen molar-refractivity contribution in [1.29, 1.82) is 0 Å². The summed E-state index contributed by atoms with van der Waals surface area (Å²) in [5.74, 6) is -0.327. The maximum atomic E-state index is 13.1. The number of carbonyl (C=O) groups excluding carboxylic acids is 1.